The number of carbonyl (C=O) groups is 1. The van der Waals surface area contributed by atoms with Gasteiger partial charge < -0.3 is 4.57 Å². The molecule has 0 aliphatic heterocycles. The fourth-order valence-electron chi connectivity index (χ4n) is 1.32. The molecule has 1 aromatic carbocycles. The number of carbonyl (C=O) groups excluding carboxylic acids is 1. The van der Waals surface area contributed by atoms with E-state index < -0.39 is 17.2 Å². The molecule has 0 radical (unpaired) electrons. The first-order valence-corrected chi connectivity index (χ1v) is 3.89. The van der Waals surface area contributed by atoms with Crippen molar-refractivity contribution < 1.29 is 13.6 Å². The molecule has 2 aromatic rings. The number of hydrogen-bond acceptors (Lipinski definition) is 2. The Labute approximate surface area is 78.0 Å². The topological polar surface area (TPSA) is 34.9 Å². The number of aryl methyl sites for hydroxylation is 1. The first-order chi connectivity index (χ1) is 6.65. The third-order valence-electron chi connectivity index (χ3n) is 2.07. The number of halogens is 2. The Morgan fingerprint density at radius 1 is 1.50 bits per heavy atom. The summed E-state index contributed by atoms with van der Waals surface area (Å²) >= 11 is 0. The van der Waals surface area contributed by atoms with Crippen LogP contribution in [0.2, 0.25) is 0 Å². The number of aldehydes is 1. The maximum absolute atomic E-state index is 13.4. The lowest BCUT2D eigenvalue weighted by Crippen LogP contribution is -1.96. The van der Waals surface area contributed by atoms with Gasteiger partial charge in [0.15, 0.2) is 12.1 Å². The second-order valence-electron chi connectivity index (χ2n) is 2.93. The monoisotopic (exact) mass is 196 g/mol. The zero-order valence-corrected chi connectivity index (χ0v) is 7.29. The van der Waals surface area contributed by atoms with E-state index in [9.17, 15) is 13.6 Å². The third kappa shape index (κ3) is 1.02. The molecule has 2 rings (SSSR count). The number of nitrogens with zero attached hydrogens (tertiary/aromatic N) is 2. The average molecular weight is 196 g/mol. The fraction of sp³-hybridized carbons (Fsp3) is 0.111. The lowest BCUT2D eigenvalue weighted by molar-refractivity contribution is 0.111. The summed E-state index contributed by atoms with van der Waals surface area (Å²) in [5.41, 5.74) is -0.238. The molecule has 0 unspecified atom stereocenters. The molecule has 0 saturated carbocycles. The molecule has 0 aliphatic carbocycles. The van der Waals surface area contributed by atoms with Gasteiger partial charge in [-0.1, -0.05) is 0 Å². The third-order valence-corrected chi connectivity index (χ3v) is 2.07. The minimum Gasteiger partial charge on any atom is -0.334 e. The van der Waals surface area contributed by atoms with Crippen molar-refractivity contribution in [1.82, 2.24) is 9.55 Å². The smallest absolute Gasteiger partial charge is 0.164 e. The van der Waals surface area contributed by atoms with E-state index in [1.54, 1.807) is 7.05 Å². The molecule has 5 heteroatoms. The number of aromatic nitrogens is 2. The van der Waals surface area contributed by atoms with Crippen LogP contribution < -0.4 is 0 Å². The van der Waals surface area contributed by atoms with Gasteiger partial charge in [0.1, 0.15) is 11.3 Å². The Morgan fingerprint density at radius 3 is 2.86 bits per heavy atom. The van der Waals surface area contributed by atoms with Crippen LogP contribution in [0.25, 0.3) is 11.0 Å². The largest absolute Gasteiger partial charge is 0.334 e. The second kappa shape index (κ2) is 2.87. The quantitative estimate of drug-likeness (QED) is 0.650. The fourth-order valence-corrected chi connectivity index (χ4v) is 1.32. The summed E-state index contributed by atoms with van der Waals surface area (Å²) in [6.07, 6.45) is 1.51. The molecule has 0 fully saturated rings. The molecule has 0 N–H and O–H groups in total. The minimum absolute atomic E-state index is 0.0102. The maximum atomic E-state index is 13.4. The molecular formula is C9H6F2N2O. The summed E-state index contributed by atoms with van der Waals surface area (Å²) in [6.45, 7) is 0. The zero-order chi connectivity index (χ0) is 10.3. The van der Waals surface area contributed by atoms with E-state index in [1.165, 1.54) is 10.9 Å². The molecule has 72 valence electrons. The van der Waals surface area contributed by atoms with E-state index >= 15 is 0 Å². The molecular weight excluding hydrogens is 190 g/mol. The number of benzene rings is 1. The Kier molecular flexibility index (Phi) is 1.80. The van der Waals surface area contributed by atoms with Crippen molar-refractivity contribution in [3.05, 3.63) is 29.6 Å². The SMILES string of the molecule is Cn1cnc2c(F)c(C=O)c(F)cc21. The average Bonchev–Trinajstić information content (AvgIpc) is 2.49. The van der Waals surface area contributed by atoms with Gasteiger partial charge in [0.25, 0.3) is 0 Å². The van der Waals surface area contributed by atoms with Crippen LogP contribution >= 0.6 is 0 Å². The van der Waals surface area contributed by atoms with Crippen LogP contribution in [-0.4, -0.2) is 15.8 Å². The van der Waals surface area contributed by atoms with Crippen LogP contribution in [0, 0.1) is 11.6 Å². The zero-order valence-electron chi connectivity index (χ0n) is 7.29. The van der Waals surface area contributed by atoms with Crippen molar-refractivity contribution in [3.8, 4) is 0 Å². The van der Waals surface area contributed by atoms with Crippen molar-refractivity contribution in [2.75, 3.05) is 0 Å². The second-order valence-corrected chi connectivity index (χ2v) is 2.93. The highest BCUT2D eigenvalue weighted by Gasteiger charge is 2.15. The van der Waals surface area contributed by atoms with E-state index in [0.717, 1.165) is 6.07 Å². The number of imidazole rings is 1. The molecule has 0 atom stereocenters. The first-order valence-electron chi connectivity index (χ1n) is 3.89. The van der Waals surface area contributed by atoms with E-state index in [-0.39, 0.29) is 11.8 Å². The van der Waals surface area contributed by atoms with Crippen LogP contribution in [0.4, 0.5) is 8.78 Å². The van der Waals surface area contributed by atoms with Crippen LogP contribution in [0.1, 0.15) is 10.4 Å². The van der Waals surface area contributed by atoms with Gasteiger partial charge in [-0.15, -0.1) is 0 Å². The van der Waals surface area contributed by atoms with Crippen LogP contribution in [0.15, 0.2) is 12.4 Å². The highest BCUT2D eigenvalue weighted by molar-refractivity contribution is 5.86. The Morgan fingerprint density at radius 2 is 2.21 bits per heavy atom. The molecule has 0 amide bonds. The van der Waals surface area contributed by atoms with Crippen molar-refractivity contribution in [3.63, 3.8) is 0 Å². The van der Waals surface area contributed by atoms with Crippen LogP contribution in [0.3, 0.4) is 0 Å². The Hall–Kier alpha value is -1.78. The van der Waals surface area contributed by atoms with Crippen molar-refractivity contribution in [2.24, 2.45) is 7.05 Å². The summed E-state index contributed by atoms with van der Waals surface area (Å²) in [4.78, 5) is 14.1. The maximum Gasteiger partial charge on any atom is 0.164 e. The van der Waals surface area contributed by atoms with Crippen LogP contribution in [-0.2, 0) is 7.05 Å². The van der Waals surface area contributed by atoms with E-state index in [2.05, 4.69) is 4.98 Å². The standard InChI is InChI=1S/C9H6F2N2O/c1-13-4-12-9-7(13)2-6(10)5(3-14)8(9)11/h2-4H,1H3. The molecule has 1 heterocycles. The lowest BCUT2D eigenvalue weighted by Gasteiger charge is -1.99. The summed E-state index contributed by atoms with van der Waals surface area (Å²) in [7, 11) is 1.62. The summed E-state index contributed by atoms with van der Waals surface area (Å²) < 4.78 is 28.0. The molecule has 0 aliphatic rings. The van der Waals surface area contributed by atoms with E-state index in [0.29, 0.717) is 5.52 Å². The predicted octanol–water partition coefficient (Wildman–Crippen LogP) is 1.66. The summed E-state index contributed by atoms with van der Waals surface area (Å²) in [6, 6.07) is 1.09. The lowest BCUT2D eigenvalue weighted by atomic mass is 10.2. The van der Waals surface area contributed by atoms with Gasteiger partial charge in [-0.3, -0.25) is 4.79 Å². The van der Waals surface area contributed by atoms with Crippen molar-refractivity contribution >= 4 is 17.3 Å². The molecule has 0 bridgehead atoms. The van der Waals surface area contributed by atoms with Gasteiger partial charge in [0.2, 0.25) is 0 Å². The first kappa shape index (κ1) is 8.80. The van der Waals surface area contributed by atoms with E-state index in [1.807, 2.05) is 0 Å². The predicted molar refractivity (Wildman–Crippen MR) is 46.0 cm³/mol. The van der Waals surface area contributed by atoms with Gasteiger partial charge in [-0.2, -0.15) is 0 Å². The molecule has 3 nitrogen and oxygen atoms in total. The van der Waals surface area contributed by atoms with Gasteiger partial charge in [-0.25, -0.2) is 13.8 Å². The minimum atomic E-state index is -0.907. The normalized spacial score (nSPS) is 10.8. The van der Waals surface area contributed by atoms with Gasteiger partial charge >= 0.3 is 0 Å². The van der Waals surface area contributed by atoms with Crippen LogP contribution in [0.5, 0.6) is 0 Å². The summed E-state index contributed by atoms with van der Waals surface area (Å²) in [5.74, 6) is -1.77. The Bertz CT molecular complexity index is 519. The number of rotatable bonds is 1. The molecule has 1 aromatic heterocycles. The van der Waals surface area contributed by atoms with Gasteiger partial charge in [0.05, 0.1) is 17.4 Å². The molecule has 14 heavy (non-hydrogen) atoms. The number of hydrogen-bond donors (Lipinski definition) is 0. The molecule has 0 spiro atoms. The van der Waals surface area contributed by atoms with Gasteiger partial charge in [-0.05, 0) is 0 Å². The number of fused-ring (bicyclic) bond motifs is 1. The molecule has 0 saturated heterocycles. The van der Waals surface area contributed by atoms with Crippen molar-refractivity contribution in [1.29, 1.82) is 0 Å². The van der Waals surface area contributed by atoms with Gasteiger partial charge in [0, 0.05) is 13.1 Å². The van der Waals surface area contributed by atoms with Crippen molar-refractivity contribution in [2.45, 2.75) is 0 Å². The summed E-state index contributed by atoms with van der Waals surface area (Å²) in [5, 5.41) is 0. The van der Waals surface area contributed by atoms with E-state index in [4.69, 9.17) is 0 Å². The Balaban J connectivity index is 2.94. The highest BCUT2D eigenvalue weighted by atomic mass is 19.1. The highest BCUT2D eigenvalue weighted by Crippen LogP contribution is 2.21.